The Balaban J connectivity index is 2.65. The first-order valence-electron chi connectivity index (χ1n) is 5.63. The highest BCUT2D eigenvalue weighted by atomic mass is 19.1. The fourth-order valence-corrected chi connectivity index (χ4v) is 1.59. The van der Waals surface area contributed by atoms with Crippen LogP contribution in [0.15, 0.2) is 18.2 Å². The fourth-order valence-electron chi connectivity index (χ4n) is 1.59. The first-order chi connectivity index (χ1) is 7.71. The summed E-state index contributed by atoms with van der Waals surface area (Å²) in [5.74, 6) is -0.308. The van der Waals surface area contributed by atoms with Crippen LogP contribution in [0.5, 0.6) is 0 Å². The molecule has 0 aliphatic heterocycles. The van der Waals surface area contributed by atoms with E-state index in [2.05, 4.69) is 19.2 Å². The highest BCUT2D eigenvalue weighted by Gasteiger charge is 2.06. The molecule has 1 N–H and O–H groups in total. The molecule has 0 spiro atoms. The Morgan fingerprint density at radius 2 is 2.06 bits per heavy atom. The van der Waals surface area contributed by atoms with Gasteiger partial charge in [0.05, 0.1) is 11.6 Å². The second-order valence-electron chi connectivity index (χ2n) is 3.81. The molecule has 0 aliphatic carbocycles. The summed E-state index contributed by atoms with van der Waals surface area (Å²) < 4.78 is 13.5. The van der Waals surface area contributed by atoms with E-state index in [0.717, 1.165) is 12.8 Å². The van der Waals surface area contributed by atoms with E-state index in [0.29, 0.717) is 23.7 Å². The minimum absolute atomic E-state index is 0.308. The molecule has 0 saturated carbocycles. The maximum Gasteiger partial charge on any atom is 0.129 e. The van der Waals surface area contributed by atoms with Crippen LogP contribution in [0.1, 0.15) is 37.8 Å². The van der Waals surface area contributed by atoms with Crippen molar-refractivity contribution >= 4 is 0 Å². The molecule has 0 bridgehead atoms. The maximum absolute atomic E-state index is 13.5. The third-order valence-electron chi connectivity index (χ3n) is 2.75. The highest BCUT2D eigenvalue weighted by Crippen LogP contribution is 2.10. The van der Waals surface area contributed by atoms with Gasteiger partial charge >= 0.3 is 0 Å². The summed E-state index contributed by atoms with van der Waals surface area (Å²) >= 11 is 0. The van der Waals surface area contributed by atoms with Gasteiger partial charge in [0.25, 0.3) is 0 Å². The van der Waals surface area contributed by atoms with E-state index in [-0.39, 0.29) is 5.82 Å². The minimum Gasteiger partial charge on any atom is -0.310 e. The lowest BCUT2D eigenvalue weighted by Crippen LogP contribution is -2.27. The molecule has 0 heterocycles. The topological polar surface area (TPSA) is 35.8 Å². The van der Waals surface area contributed by atoms with Crippen molar-refractivity contribution in [3.63, 3.8) is 0 Å². The van der Waals surface area contributed by atoms with Gasteiger partial charge in [-0.25, -0.2) is 4.39 Å². The molecule has 1 aromatic carbocycles. The lowest BCUT2D eigenvalue weighted by molar-refractivity contribution is 0.475. The summed E-state index contributed by atoms with van der Waals surface area (Å²) in [6.07, 6.45) is 2.07. The predicted octanol–water partition coefficient (Wildman–Crippen LogP) is 2.98. The number of hydrogen-bond acceptors (Lipinski definition) is 2. The molecule has 0 saturated heterocycles. The second kappa shape index (κ2) is 6.24. The Morgan fingerprint density at radius 1 is 1.38 bits per heavy atom. The molecule has 0 aliphatic rings. The molecule has 0 radical (unpaired) electrons. The van der Waals surface area contributed by atoms with E-state index >= 15 is 0 Å². The van der Waals surface area contributed by atoms with Crippen LogP contribution >= 0.6 is 0 Å². The molecule has 1 rings (SSSR count). The number of nitriles is 1. The van der Waals surface area contributed by atoms with Crippen LogP contribution < -0.4 is 5.32 Å². The van der Waals surface area contributed by atoms with Gasteiger partial charge in [-0.3, -0.25) is 0 Å². The zero-order valence-corrected chi connectivity index (χ0v) is 9.76. The zero-order chi connectivity index (χ0) is 12.0. The van der Waals surface area contributed by atoms with E-state index < -0.39 is 0 Å². The first-order valence-corrected chi connectivity index (χ1v) is 5.63. The van der Waals surface area contributed by atoms with Gasteiger partial charge in [0.2, 0.25) is 0 Å². The highest BCUT2D eigenvalue weighted by molar-refractivity contribution is 5.32. The average Bonchev–Trinajstić information content (AvgIpc) is 2.32. The van der Waals surface area contributed by atoms with Gasteiger partial charge in [0.1, 0.15) is 5.82 Å². The van der Waals surface area contributed by atoms with Crippen LogP contribution in [0.3, 0.4) is 0 Å². The monoisotopic (exact) mass is 220 g/mol. The third kappa shape index (κ3) is 3.32. The predicted molar refractivity (Wildman–Crippen MR) is 62.3 cm³/mol. The fraction of sp³-hybridized carbons (Fsp3) is 0.462. The number of nitrogens with one attached hydrogen (secondary N) is 1. The van der Waals surface area contributed by atoms with E-state index in [9.17, 15) is 4.39 Å². The number of rotatable bonds is 5. The summed E-state index contributed by atoms with van der Waals surface area (Å²) in [6.45, 7) is 4.73. The van der Waals surface area contributed by atoms with E-state index in [4.69, 9.17) is 5.26 Å². The molecule has 1 aromatic rings. The minimum atomic E-state index is -0.308. The van der Waals surface area contributed by atoms with Gasteiger partial charge in [-0.1, -0.05) is 19.9 Å². The van der Waals surface area contributed by atoms with Crippen molar-refractivity contribution in [1.82, 2.24) is 5.32 Å². The molecule has 0 fully saturated rings. The number of hydrogen-bond donors (Lipinski definition) is 1. The molecular formula is C13H17FN2. The van der Waals surface area contributed by atoms with Gasteiger partial charge in [0, 0.05) is 18.2 Å². The Labute approximate surface area is 96.1 Å². The quantitative estimate of drug-likeness (QED) is 0.828. The molecule has 0 unspecified atom stereocenters. The second-order valence-corrected chi connectivity index (χ2v) is 3.81. The van der Waals surface area contributed by atoms with E-state index in [1.165, 1.54) is 6.07 Å². The van der Waals surface area contributed by atoms with Crippen LogP contribution in [0.25, 0.3) is 0 Å². The SMILES string of the molecule is CCC(CC)NCc1ccc(C#N)cc1F. The lowest BCUT2D eigenvalue weighted by Gasteiger charge is -2.14. The van der Waals surface area contributed by atoms with Crippen molar-refractivity contribution in [2.24, 2.45) is 0 Å². The van der Waals surface area contributed by atoms with E-state index in [1.54, 1.807) is 12.1 Å². The molecule has 86 valence electrons. The molecule has 0 amide bonds. The zero-order valence-electron chi connectivity index (χ0n) is 9.76. The summed E-state index contributed by atoms with van der Waals surface area (Å²) in [4.78, 5) is 0. The summed E-state index contributed by atoms with van der Waals surface area (Å²) in [5, 5.41) is 11.9. The van der Waals surface area contributed by atoms with Crippen molar-refractivity contribution in [3.8, 4) is 6.07 Å². The van der Waals surface area contributed by atoms with Crippen molar-refractivity contribution in [3.05, 3.63) is 35.1 Å². The molecule has 2 nitrogen and oxygen atoms in total. The molecule has 3 heteroatoms. The third-order valence-corrected chi connectivity index (χ3v) is 2.75. The van der Waals surface area contributed by atoms with Gasteiger partial charge in [0.15, 0.2) is 0 Å². The van der Waals surface area contributed by atoms with Crippen molar-refractivity contribution in [1.29, 1.82) is 5.26 Å². The summed E-state index contributed by atoms with van der Waals surface area (Å²) in [7, 11) is 0. The molecule has 0 aromatic heterocycles. The molecular weight excluding hydrogens is 203 g/mol. The number of benzene rings is 1. The van der Waals surface area contributed by atoms with Crippen LogP contribution in [-0.2, 0) is 6.54 Å². The van der Waals surface area contributed by atoms with Gasteiger partial charge < -0.3 is 5.32 Å². The van der Waals surface area contributed by atoms with Gasteiger partial charge in [-0.05, 0) is 25.0 Å². The van der Waals surface area contributed by atoms with Crippen molar-refractivity contribution < 1.29 is 4.39 Å². The van der Waals surface area contributed by atoms with Crippen LogP contribution in [0, 0.1) is 17.1 Å². The van der Waals surface area contributed by atoms with Crippen LogP contribution in [0.4, 0.5) is 4.39 Å². The Bertz CT molecular complexity index is 378. The lowest BCUT2D eigenvalue weighted by atomic mass is 10.1. The molecule has 16 heavy (non-hydrogen) atoms. The Hall–Kier alpha value is -1.40. The largest absolute Gasteiger partial charge is 0.310 e. The van der Waals surface area contributed by atoms with E-state index in [1.807, 2.05) is 6.07 Å². The van der Waals surface area contributed by atoms with Gasteiger partial charge in [-0.15, -0.1) is 0 Å². The Kier molecular flexibility index (Phi) is 4.94. The standard InChI is InChI=1S/C13H17FN2/c1-3-12(4-2)16-9-11-6-5-10(8-15)7-13(11)14/h5-7,12,16H,3-4,9H2,1-2H3. The first kappa shape index (κ1) is 12.7. The summed E-state index contributed by atoms with van der Waals surface area (Å²) in [5.41, 5.74) is 0.981. The smallest absolute Gasteiger partial charge is 0.129 e. The number of halogens is 1. The summed E-state index contributed by atoms with van der Waals surface area (Å²) in [6, 6.07) is 6.95. The maximum atomic E-state index is 13.5. The van der Waals surface area contributed by atoms with Crippen molar-refractivity contribution in [2.75, 3.05) is 0 Å². The van der Waals surface area contributed by atoms with Gasteiger partial charge in [-0.2, -0.15) is 5.26 Å². The Morgan fingerprint density at radius 3 is 2.56 bits per heavy atom. The number of nitrogens with zero attached hydrogens (tertiary/aromatic N) is 1. The van der Waals surface area contributed by atoms with Crippen molar-refractivity contribution in [2.45, 2.75) is 39.3 Å². The normalized spacial score (nSPS) is 10.4. The molecule has 0 atom stereocenters. The average molecular weight is 220 g/mol. The van der Waals surface area contributed by atoms with Crippen LogP contribution in [-0.4, -0.2) is 6.04 Å². The van der Waals surface area contributed by atoms with Crippen LogP contribution in [0.2, 0.25) is 0 Å².